The minimum absolute atomic E-state index is 0.0789. The SMILES string of the molecule is Cc1ccc(S(=O)(=O)O)cc1CCCn1nc(C)c2c1CC(C)CC2=O. The zero-order valence-electron chi connectivity index (χ0n) is 15.3. The second kappa shape index (κ2) is 6.96. The first-order chi connectivity index (χ1) is 12.2. The molecule has 0 spiro atoms. The van der Waals surface area contributed by atoms with Crippen molar-refractivity contribution < 1.29 is 17.8 Å². The first-order valence-electron chi connectivity index (χ1n) is 8.83. The summed E-state index contributed by atoms with van der Waals surface area (Å²) in [5.41, 5.74) is 4.48. The maximum atomic E-state index is 12.3. The van der Waals surface area contributed by atoms with Gasteiger partial charge in [-0.1, -0.05) is 13.0 Å². The summed E-state index contributed by atoms with van der Waals surface area (Å²) in [6, 6.07) is 4.65. The fraction of sp³-hybridized carbons (Fsp3) is 0.474. The number of nitrogens with zero attached hydrogens (tertiary/aromatic N) is 2. The van der Waals surface area contributed by atoms with E-state index in [1.807, 2.05) is 18.5 Å². The highest BCUT2D eigenvalue weighted by molar-refractivity contribution is 7.85. The van der Waals surface area contributed by atoms with Gasteiger partial charge in [0, 0.05) is 18.7 Å². The fourth-order valence-electron chi connectivity index (χ4n) is 3.70. The summed E-state index contributed by atoms with van der Waals surface area (Å²) in [7, 11) is -4.20. The number of ketones is 1. The molecule has 1 aliphatic rings. The molecule has 0 fully saturated rings. The molecule has 0 saturated heterocycles. The third-order valence-corrected chi connectivity index (χ3v) is 5.87. The molecule has 1 N–H and O–H groups in total. The molecule has 7 heteroatoms. The molecule has 1 atom stereocenters. The molecule has 0 bridgehead atoms. The monoisotopic (exact) mass is 376 g/mol. The number of aromatic nitrogens is 2. The Morgan fingerprint density at radius 3 is 2.69 bits per heavy atom. The number of rotatable bonds is 5. The number of carbonyl (C=O) groups excluding carboxylic acids is 1. The normalized spacial score (nSPS) is 17.4. The molecule has 1 aromatic heterocycles. The molecule has 140 valence electrons. The second-order valence-electron chi connectivity index (χ2n) is 7.23. The molecule has 3 rings (SSSR count). The van der Waals surface area contributed by atoms with Crippen LogP contribution in [0.1, 0.15) is 52.6 Å². The van der Waals surface area contributed by atoms with Crippen molar-refractivity contribution in [2.75, 3.05) is 0 Å². The first kappa shape index (κ1) is 18.8. The van der Waals surface area contributed by atoms with Crippen LogP contribution >= 0.6 is 0 Å². The molecular formula is C19H24N2O4S. The van der Waals surface area contributed by atoms with Crippen molar-refractivity contribution in [1.82, 2.24) is 9.78 Å². The molecule has 0 saturated carbocycles. The van der Waals surface area contributed by atoms with Gasteiger partial charge in [-0.05, 0) is 62.3 Å². The zero-order valence-corrected chi connectivity index (χ0v) is 16.1. The van der Waals surface area contributed by atoms with Gasteiger partial charge in [0.05, 0.1) is 16.2 Å². The van der Waals surface area contributed by atoms with Gasteiger partial charge >= 0.3 is 0 Å². The molecular weight excluding hydrogens is 352 g/mol. The Morgan fingerprint density at radius 1 is 1.27 bits per heavy atom. The van der Waals surface area contributed by atoms with Gasteiger partial charge in [0.15, 0.2) is 5.78 Å². The number of aryl methyl sites for hydroxylation is 4. The van der Waals surface area contributed by atoms with E-state index in [0.29, 0.717) is 25.3 Å². The number of carbonyl (C=O) groups is 1. The quantitative estimate of drug-likeness (QED) is 0.810. The third kappa shape index (κ3) is 3.73. The second-order valence-corrected chi connectivity index (χ2v) is 8.66. The van der Waals surface area contributed by atoms with E-state index in [0.717, 1.165) is 40.9 Å². The largest absolute Gasteiger partial charge is 0.294 e. The molecule has 1 heterocycles. The van der Waals surface area contributed by atoms with Crippen LogP contribution in [-0.2, 0) is 29.5 Å². The Kier molecular flexibility index (Phi) is 5.03. The minimum atomic E-state index is -4.20. The van der Waals surface area contributed by atoms with Gasteiger partial charge in [-0.2, -0.15) is 13.5 Å². The standard InChI is InChI=1S/C19H24N2O4S/c1-12-9-17-19(18(22)10-12)14(3)20-21(17)8-4-5-15-11-16(26(23,24)25)7-6-13(15)2/h6-7,11-12H,4-5,8-10H2,1-3H3,(H,23,24,25). The van der Waals surface area contributed by atoms with Gasteiger partial charge < -0.3 is 0 Å². The Labute approximate surface area is 154 Å². The Balaban J connectivity index is 1.76. The topological polar surface area (TPSA) is 89.3 Å². The third-order valence-electron chi connectivity index (χ3n) is 5.02. The van der Waals surface area contributed by atoms with Gasteiger partial charge in [-0.3, -0.25) is 14.0 Å². The summed E-state index contributed by atoms with van der Waals surface area (Å²) in [5, 5.41) is 4.55. The summed E-state index contributed by atoms with van der Waals surface area (Å²) in [6.07, 6.45) is 2.89. The first-order valence-corrected chi connectivity index (χ1v) is 10.3. The van der Waals surface area contributed by atoms with E-state index in [1.165, 1.54) is 12.1 Å². The van der Waals surface area contributed by atoms with E-state index in [9.17, 15) is 17.8 Å². The Bertz CT molecular complexity index is 960. The van der Waals surface area contributed by atoms with Crippen LogP contribution in [0.5, 0.6) is 0 Å². The van der Waals surface area contributed by atoms with Crippen LogP contribution in [-0.4, -0.2) is 28.5 Å². The van der Waals surface area contributed by atoms with E-state index in [2.05, 4.69) is 12.0 Å². The number of hydrogen-bond donors (Lipinski definition) is 1. The Hall–Kier alpha value is -1.99. The molecule has 0 radical (unpaired) electrons. The number of fused-ring (bicyclic) bond motifs is 1. The summed E-state index contributed by atoms with van der Waals surface area (Å²) in [5.74, 6) is 0.512. The lowest BCUT2D eigenvalue weighted by atomic mass is 9.87. The van der Waals surface area contributed by atoms with Crippen molar-refractivity contribution in [3.63, 3.8) is 0 Å². The highest BCUT2D eigenvalue weighted by Crippen LogP contribution is 2.28. The molecule has 0 aliphatic heterocycles. The molecule has 6 nitrogen and oxygen atoms in total. The summed E-state index contributed by atoms with van der Waals surface area (Å²) >= 11 is 0. The maximum absolute atomic E-state index is 12.3. The van der Waals surface area contributed by atoms with Gasteiger partial charge in [0.2, 0.25) is 0 Å². The predicted molar refractivity (Wildman–Crippen MR) is 98.1 cm³/mol. The van der Waals surface area contributed by atoms with Crippen LogP contribution in [0.4, 0.5) is 0 Å². The van der Waals surface area contributed by atoms with Crippen molar-refractivity contribution in [1.29, 1.82) is 0 Å². The Morgan fingerprint density at radius 2 is 2.00 bits per heavy atom. The summed E-state index contributed by atoms with van der Waals surface area (Å²) < 4.78 is 33.8. The van der Waals surface area contributed by atoms with Gasteiger partial charge in [-0.25, -0.2) is 0 Å². The van der Waals surface area contributed by atoms with Crippen LogP contribution < -0.4 is 0 Å². The lowest BCUT2D eigenvalue weighted by Gasteiger charge is -2.19. The van der Waals surface area contributed by atoms with Gasteiger partial charge in [-0.15, -0.1) is 0 Å². The lowest BCUT2D eigenvalue weighted by Crippen LogP contribution is -2.20. The summed E-state index contributed by atoms with van der Waals surface area (Å²) in [6.45, 7) is 6.55. The van der Waals surface area contributed by atoms with Gasteiger partial charge in [0.25, 0.3) is 10.1 Å². The zero-order chi connectivity index (χ0) is 19.1. The van der Waals surface area contributed by atoms with Crippen LogP contribution in [0.2, 0.25) is 0 Å². The number of hydrogen-bond acceptors (Lipinski definition) is 4. The predicted octanol–water partition coefficient (Wildman–Crippen LogP) is 3.14. The smallest absolute Gasteiger partial charge is 0.294 e. The minimum Gasteiger partial charge on any atom is -0.294 e. The molecule has 26 heavy (non-hydrogen) atoms. The van der Waals surface area contributed by atoms with Crippen LogP contribution in [0.25, 0.3) is 0 Å². The molecule has 0 amide bonds. The van der Waals surface area contributed by atoms with Crippen molar-refractivity contribution in [3.05, 3.63) is 46.3 Å². The highest BCUT2D eigenvalue weighted by atomic mass is 32.2. The van der Waals surface area contributed by atoms with Gasteiger partial charge in [0.1, 0.15) is 0 Å². The van der Waals surface area contributed by atoms with Crippen LogP contribution in [0.15, 0.2) is 23.1 Å². The lowest BCUT2D eigenvalue weighted by molar-refractivity contribution is 0.0951. The average Bonchev–Trinajstić information content (AvgIpc) is 2.84. The van der Waals surface area contributed by atoms with E-state index >= 15 is 0 Å². The van der Waals surface area contributed by atoms with Crippen molar-refractivity contribution in [2.24, 2.45) is 5.92 Å². The van der Waals surface area contributed by atoms with E-state index < -0.39 is 10.1 Å². The number of benzene rings is 1. The maximum Gasteiger partial charge on any atom is 0.294 e. The van der Waals surface area contributed by atoms with Crippen molar-refractivity contribution in [3.8, 4) is 0 Å². The van der Waals surface area contributed by atoms with Crippen molar-refractivity contribution >= 4 is 15.9 Å². The van der Waals surface area contributed by atoms with E-state index in [1.54, 1.807) is 6.07 Å². The molecule has 1 unspecified atom stereocenters. The average molecular weight is 376 g/mol. The van der Waals surface area contributed by atoms with Crippen LogP contribution in [0.3, 0.4) is 0 Å². The number of Topliss-reactive ketones (excluding diaryl/α,β-unsaturated/α-hetero) is 1. The molecule has 1 aromatic carbocycles. The highest BCUT2D eigenvalue weighted by Gasteiger charge is 2.28. The van der Waals surface area contributed by atoms with Crippen LogP contribution in [0, 0.1) is 19.8 Å². The fourth-order valence-corrected chi connectivity index (χ4v) is 4.23. The molecule has 1 aliphatic carbocycles. The van der Waals surface area contributed by atoms with Crippen molar-refractivity contribution in [2.45, 2.75) is 57.9 Å². The van der Waals surface area contributed by atoms with E-state index in [4.69, 9.17) is 0 Å². The molecule has 2 aromatic rings. The summed E-state index contributed by atoms with van der Waals surface area (Å²) in [4.78, 5) is 12.2. The van der Waals surface area contributed by atoms with E-state index in [-0.39, 0.29) is 10.7 Å².